The molecule has 0 unspecified atom stereocenters. The van der Waals surface area contributed by atoms with Crippen LogP contribution in [0.4, 0.5) is 0 Å². The van der Waals surface area contributed by atoms with Crippen LogP contribution in [-0.4, -0.2) is 39.4 Å². The lowest BCUT2D eigenvalue weighted by molar-refractivity contribution is -0.0955. The molecule has 0 radical (unpaired) electrons. The average molecular weight is 383 g/mol. The van der Waals surface area contributed by atoms with Crippen LogP contribution in [0.25, 0.3) is 4.96 Å². The molecule has 140 valence electrons. The Morgan fingerprint density at radius 2 is 2.04 bits per heavy atom. The Bertz CT molecular complexity index is 1010. The van der Waals surface area contributed by atoms with Crippen LogP contribution in [0, 0.1) is 5.92 Å². The molecule has 0 bridgehead atoms. The number of amides is 1. The first-order valence-corrected chi connectivity index (χ1v) is 9.87. The molecule has 0 aliphatic carbocycles. The lowest BCUT2D eigenvalue weighted by Crippen LogP contribution is -2.49. The number of rotatable bonds is 3. The minimum Gasteiger partial charge on any atom is -0.366 e. The van der Waals surface area contributed by atoms with Gasteiger partial charge in [0, 0.05) is 24.3 Å². The van der Waals surface area contributed by atoms with Crippen molar-refractivity contribution in [1.29, 1.82) is 0 Å². The van der Waals surface area contributed by atoms with Gasteiger partial charge in [0.15, 0.2) is 4.96 Å². The zero-order valence-electron chi connectivity index (χ0n) is 15.2. The monoisotopic (exact) mass is 383 g/mol. The van der Waals surface area contributed by atoms with Crippen molar-refractivity contribution in [3.05, 3.63) is 69.6 Å². The number of morpholine rings is 1. The molecular weight excluding hydrogens is 362 g/mol. The van der Waals surface area contributed by atoms with E-state index >= 15 is 0 Å². The van der Waals surface area contributed by atoms with Crippen LogP contribution in [0.5, 0.6) is 0 Å². The largest absolute Gasteiger partial charge is 0.366 e. The van der Waals surface area contributed by atoms with E-state index in [1.807, 2.05) is 30.3 Å². The minimum absolute atomic E-state index is 0.0894. The molecule has 0 saturated carbocycles. The smallest absolute Gasteiger partial charge is 0.271 e. The van der Waals surface area contributed by atoms with Gasteiger partial charge in [-0.25, -0.2) is 4.98 Å². The third-order valence-corrected chi connectivity index (χ3v) is 5.67. The van der Waals surface area contributed by atoms with Crippen molar-refractivity contribution in [3.63, 3.8) is 0 Å². The van der Waals surface area contributed by atoms with Crippen LogP contribution in [0.15, 0.2) is 52.9 Å². The van der Waals surface area contributed by atoms with Gasteiger partial charge < -0.3 is 9.64 Å². The molecule has 27 heavy (non-hydrogen) atoms. The molecule has 1 aromatic carbocycles. The predicted molar refractivity (Wildman–Crippen MR) is 104 cm³/mol. The van der Waals surface area contributed by atoms with Crippen LogP contribution in [0.3, 0.4) is 0 Å². The number of hydrogen-bond acceptors (Lipinski definition) is 5. The van der Waals surface area contributed by atoms with Gasteiger partial charge in [-0.15, -0.1) is 11.3 Å². The Balaban J connectivity index is 1.66. The maximum Gasteiger partial charge on any atom is 0.271 e. The number of carbonyl (C=O) groups is 1. The fourth-order valence-electron chi connectivity index (χ4n) is 3.32. The molecule has 1 amide bonds. The lowest BCUT2D eigenvalue weighted by Gasteiger charge is -2.40. The number of aromatic nitrogens is 2. The highest BCUT2D eigenvalue weighted by molar-refractivity contribution is 7.15. The quantitative estimate of drug-likeness (QED) is 0.697. The third-order valence-electron chi connectivity index (χ3n) is 4.90. The van der Waals surface area contributed by atoms with Gasteiger partial charge in [-0.1, -0.05) is 44.2 Å². The molecule has 0 N–H and O–H groups in total. The zero-order valence-corrected chi connectivity index (χ0v) is 16.1. The Morgan fingerprint density at radius 1 is 1.26 bits per heavy atom. The minimum atomic E-state index is -0.324. The number of nitrogens with zero attached hydrogens (tertiary/aromatic N) is 3. The van der Waals surface area contributed by atoms with E-state index in [2.05, 4.69) is 18.8 Å². The van der Waals surface area contributed by atoms with E-state index in [1.54, 1.807) is 16.5 Å². The van der Waals surface area contributed by atoms with E-state index in [9.17, 15) is 9.59 Å². The SMILES string of the molecule is CC(C)[C@H]1CN(C(=O)c2cnc3sccn3c2=O)C[C@@H](c2ccccc2)O1. The topological polar surface area (TPSA) is 63.9 Å². The average Bonchev–Trinajstić information content (AvgIpc) is 3.18. The summed E-state index contributed by atoms with van der Waals surface area (Å²) in [6, 6.07) is 9.89. The Labute approximate surface area is 161 Å². The van der Waals surface area contributed by atoms with E-state index < -0.39 is 0 Å². The van der Waals surface area contributed by atoms with E-state index in [4.69, 9.17) is 4.74 Å². The van der Waals surface area contributed by atoms with Gasteiger partial charge in [-0.2, -0.15) is 0 Å². The number of benzene rings is 1. The summed E-state index contributed by atoms with van der Waals surface area (Å²) in [5, 5.41) is 1.78. The van der Waals surface area contributed by atoms with E-state index in [0.717, 1.165) is 5.56 Å². The second kappa shape index (κ2) is 7.25. The molecule has 2 atom stereocenters. The van der Waals surface area contributed by atoms with Gasteiger partial charge in [-0.3, -0.25) is 14.0 Å². The maximum absolute atomic E-state index is 13.2. The second-order valence-electron chi connectivity index (χ2n) is 7.06. The summed E-state index contributed by atoms with van der Waals surface area (Å²) in [5.41, 5.74) is 0.806. The highest BCUT2D eigenvalue weighted by Gasteiger charge is 2.34. The maximum atomic E-state index is 13.2. The van der Waals surface area contributed by atoms with Gasteiger partial charge in [0.05, 0.1) is 12.6 Å². The molecule has 6 nitrogen and oxygen atoms in total. The highest BCUT2D eigenvalue weighted by Crippen LogP contribution is 2.28. The normalized spacial score (nSPS) is 20.3. The van der Waals surface area contributed by atoms with Crippen LogP contribution in [0.1, 0.15) is 35.9 Å². The van der Waals surface area contributed by atoms with Crippen molar-refractivity contribution in [2.24, 2.45) is 5.92 Å². The van der Waals surface area contributed by atoms with Crippen LogP contribution in [-0.2, 0) is 4.74 Å². The van der Waals surface area contributed by atoms with Crippen molar-refractivity contribution in [1.82, 2.24) is 14.3 Å². The lowest BCUT2D eigenvalue weighted by atomic mass is 10.0. The fourth-order valence-corrected chi connectivity index (χ4v) is 3.99. The summed E-state index contributed by atoms with van der Waals surface area (Å²) in [4.78, 5) is 32.4. The summed E-state index contributed by atoms with van der Waals surface area (Å²) in [6.45, 7) is 5.03. The number of thiazole rings is 1. The number of carbonyl (C=O) groups excluding carboxylic acids is 1. The highest BCUT2D eigenvalue weighted by atomic mass is 32.1. The van der Waals surface area contributed by atoms with Crippen molar-refractivity contribution in [2.45, 2.75) is 26.1 Å². The van der Waals surface area contributed by atoms with Crippen molar-refractivity contribution in [2.75, 3.05) is 13.1 Å². The number of fused-ring (bicyclic) bond motifs is 1. The molecule has 2 aromatic heterocycles. The van der Waals surface area contributed by atoms with E-state index in [1.165, 1.54) is 21.9 Å². The molecule has 3 heterocycles. The molecule has 3 aromatic rings. The fraction of sp³-hybridized carbons (Fsp3) is 0.350. The van der Waals surface area contributed by atoms with Gasteiger partial charge in [0.2, 0.25) is 0 Å². The first-order chi connectivity index (χ1) is 13.0. The summed E-state index contributed by atoms with van der Waals surface area (Å²) >= 11 is 1.37. The molecule has 4 rings (SSSR count). The van der Waals surface area contributed by atoms with E-state index in [0.29, 0.717) is 18.1 Å². The Morgan fingerprint density at radius 3 is 2.78 bits per heavy atom. The van der Waals surface area contributed by atoms with Crippen molar-refractivity contribution in [3.8, 4) is 0 Å². The summed E-state index contributed by atoms with van der Waals surface area (Å²) in [7, 11) is 0. The molecule has 7 heteroatoms. The molecule has 1 aliphatic rings. The molecule has 0 spiro atoms. The summed E-state index contributed by atoms with van der Waals surface area (Å²) in [5.74, 6) is -0.0339. The van der Waals surface area contributed by atoms with Gasteiger partial charge >= 0.3 is 0 Å². The standard InChI is InChI=1S/C20H21N3O3S/c1-13(2)16-11-22(12-17(26-16)14-6-4-3-5-7-14)18(24)15-10-21-20-23(19(15)25)8-9-27-20/h3-10,13,16-17H,11-12H2,1-2H3/t16-,17+/m1/s1. The summed E-state index contributed by atoms with van der Waals surface area (Å²) in [6.07, 6.45) is 2.74. The van der Waals surface area contributed by atoms with Crippen LogP contribution in [0.2, 0.25) is 0 Å². The molecular formula is C20H21N3O3S. The summed E-state index contributed by atoms with van der Waals surface area (Å²) < 4.78 is 7.67. The zero-order chi connectivity index (χ0) is 19.0. The first-order valence-electron chi connectivity index (χ1n) is 8.99. The third kappa shape index (κ3) is 3.40. The second-order valence-corrected chi connectivity index (χ2v) is 7.93. The number of ether oxygens (including phenoxy) is 1. The first kappa shape index (κ1) is 17.9. The van der Waals surface area contributed by atoms with Gasteiger partial charge in [0.1, 0.15) is 11.7 Å². The van der Waals surface area contributed by atoms with Crippen molar-refractivity contribution >= 4 is 22.2 Å². The van der Waals surface area contributed by atoms with Crippen molar-refractivity contribution < 1.29 is 9.53 Å². The molecule has 1 aliphatic heterocycles. The Kier molecular flexibility index (Phi) is 4.80. The Hall–Kier alpha value is -2.51. The van der Waals surface area contributed by atoms with Gasteiger partial charge in [0.25, 0.3) is 11.5 Å². The number of hydrogen-bond donors (Lipinski definition) is 0. The molecule has 1 fully saturated rings. The van der Waals surface area contributed by atoms with E-state index in [-0.39, 0.29) is 35.2 Å². The molecule has 1 saturated heterocycles. The van der Waals surface area contributed by atoms with Crippen LogP contribution < -0.4 is 5.56 Å². The predicted octanol–water partition coefficient (Wildman–Crippen LogP) is 2.99. The van der Waals surface area contributed by atoms with Crippen LogP contribution >= 0.6 is 11.3 Å². The van der Waals surface area contributed by atoms with Gasteiger partial charge in [-0.05, 0) is 11.5 Å².